The number of rotatable bonds is 38. The monoisotopic (exact) mass is 1380 g/mol. The highest BCUT2D eigenvalue weighted by Crippen LogP contribution is 2.32. The number of ketones is 8. The van der Waals surface area contributed by atoms with Crippen molar-refractivity contribution in [1.29, 1.82) is 0 Å². The summed E-state index contributed by atoms with van der Waals surface area (Å²) in [7, 11) is 0. The van der Waals surface area contributed by atoms with Gasteiger partial charge < -0.3 is 40.9 Å². The van der Waals surface area contributed by atoms with Crippen molar-refractivity contribution in [2.24, 2.45) is 80.8 Å². The molecule has 0 aliphatic heterocycles. The minimum atomic E-state index is -0.929. The topological polar surface area (TPSA) is 435 Å². The fourth-order valence-corrected chi connectivity index (χ4v) is 6.90. The van der Waals surface area contributed by atoms with Crippen LogP contribution < -0.4 is 0 Å². The summed E-state index contributed by atoms with van der Waals surface area (Å²) in [6, 6.07) is 0. The van der Waals surface area contributed by atoms with Crippen molar-refractivity contribution in [2.75, 3.05) is 0 Å². The molecular formula is C72H128O24. The first-order chi connectivity index (χ1) is 43.1. The quantitative estimate of drug-likeness (QED) is 0.0285. The Morgan fingerprint density at radius 2 is 0.625 bits per heavy atom. The molecule has 0 fully saturated rings. The van der Waals surface area contributed by atoms with E-state index in [2.05, 4.69) is 0 Å². The van der Waals surface area contributed by atoms with Gasteiger partial charge in [-0.1, -0.05) is 159 Å². The van der Waals surface area contributed by atoms with E-state index < -0.39 is 69.9 Å². The van der Waals surface area contributed by atoms with Crippen molar-refractivity contribution in [3.63, 3.8) is 0 Å². The second kappa shape index (κ2) is 54.2. The Hall–Kier alpha value is -6.88. The molecule has 4 atom stereocenters. The van der Waals surface area contributed by atoms with Crippen molar-refractivity contribution in [1.82, 2.24) is 0 Å². The maximum Gasteiger partial charge on any atom is 0.309 e. The Bertz CT molecular complexity index is 2440. The van der Waals surface area contributed by atoms with Crippen LogP contribution in [0.4, 0.5) is 0 Å². The van der Waals surface area contributed by atoms with E-state index in [-0.39, 0.29) is 163 Å². The molecule has 0 radical (unpaired) electrons. The van der Waals surface area contributed by atoms with Gasteiger partial charge in [0.1, 0.15) is 46.3 Å². The van der Waals surface area contributed by atoms with Crippen molar-refractivity contribution < 1.29 is 118 Å². The fourth-order valence-electron chi connectivity index (χ4n) is 6.90. The number of hydrogen-bond donors (Lipinski definition) is 8. The first-order valence-corrected chi connectivity index (χ1v) is 33.1. The van der Waals surface area contributed by atoms with Gasteiger partial charge in [0.05, 0.1) is 36.0 Å². The first-order valence-electron chi connectivity index (χ1n) is 33.1. The lowest BCUT2D eigenvalue weighted by Gasteiger charge is -2.26. The van der Waals surface area contributed by atoms with Gasteiger partial charge in [-0.25, -0.2) is 0 Å². The van der Waals surface area contributed by atoms with Crippen LogP contribution in [0.5, 0.6) is 0 Å². The smallest absolute Gasteiger partial charge is 0.309 e. The first kappa shape index (κ1) is 105. The molecule has 0 aromatic heterocycles. The number of carboxylic acid groups (broad SMARTS) is 8. The highest BCUT2D eigenvalue weighted by Gasteiger charge is 2.35. The van der Waals surface area contributed by atoms with E-state index in [1.165, 1.54) is 0 Å². The summed E-state index contributed by atoms with van der Waals surface area (Å²) in [6.07, 6.45) is 3.96. The molecule has 0 bridgehead atoms. The Morgan fingerprint density at radius 1 is 0.292 bits per heavy atom. The van der Waals surface area contributed by atoms with Gasteiger partial charge in [-0.15, -0.1) is 0 Å². The molecule has 0 rings (SSSR count). The molecule has 0 saturated heterocycles. The molecule has 24 nitrogen and oxygen atoms in total. The van der Waals surface area contributed by atoms with Crippen molar-refractivity contribution in [3.05, 3.63) is 0 Å². The molecule has 560 valence electrons. The number of carboxylic acids is 8. The van der Waals surface area contributed by atoms with E-state index in [1.807, 2.05) is 69.2 Å². The van der Waals surface area contributed by atoms with Gasteiger partial charge in [0, 0.05) is 112 Å². The zero-order chi connectivity index (χ0) is 78.3. The summed E-state index contributed by atoms with van der Waals surface area (Å²) in [4.78, 5) is 172. The standard InChI is InChI=1S/C11H20O3.2C10H18O3.2C9H16O3.2C8H14O3.C7H12O3/c1-5-11(4,7-10(13)14)6-9(12)8(2)3;1-7(2)8(11)5-10(3,4)6-9(12)13;1-5-10(4,9(12)13)6-8(11)7(2)3;1-6(2)7(10)5-9(3,4)8(11)12;1-6(2)8(10)4-7(3)5-9(11)12;1-5(2)7(9)4-6(3)8(10)11;1-6(2)7(9)4-3-5-8(10)11;1-5(2)6(8)3-4-7(9)10/h8H,5-7H2,1-4H3,(H,13,14);2*7H,5-6H2,1-4H3,(H,12,13);6H,5H2,1-4H3,(H,11,12);6-7H,4-5H2,1-3H3,(H,11,12);5-6H,4H2,1-3H3,(H,10,11);6H,3-5H2,1-2H3,(H,10,11);5H,3-4H2,1-2H3,(H,9,10). The van der Waals surface area contributed by atoms with Crippen molar-refractivity contribution in [3.8, 4) is 0 Å². The molecule has 0 saturated carbocycles. The van der Waals surface area contributed by atoms with Crippen LogP contribution in [0.15, 0.2) is 0 Å². The van der Waals surface area contributed by atoms with E-state index in [0.717, 1.165) is 6.42 Å². The zero-order valence-corrected chi connectivity index (χ0v) is 63.2. The number of carbonyl (C=O) groups excluding carboxylic acids is 8. The van der Waals surface area contributed by atoms with Gasteiger partial charge in [0.25, 0.3) is 0 Å². The van der Waals surface area contributed by atoms with Gasteiger partial charge in [-0.05, 0) is 56.8 Å². The summed E-state index contributed by atoms with van der Waals surface area (Å²) in [5.74, 6) is -7.16. The number of carbonyl (C=O) groups is 16. The SMILES string of the molecule is CC(C)C(=O)CC(C)(C)C(=O)O.CC(C)C(=O)CC(C)(C)CC(=O)O.CC(C)C(=O)CC(C)C(=O)O.CC(C)C(=O)CCC(=O)O.CC(C)C(=O)CCCC(=O)O.CC(CC(=O)O)CC(=O)C(C)C.CCC(C)(CC(=O)C(C)C)C(=O)O.CCC(C)(CC(=O)O)CC(=O)C(C)C. The second-order valence-corrected chi connectivity index (χ2v) is 29.0. The van der Waals surface area contributed by atoms with Crippen LogP contribution in [-0.2, 0) is 76.7 Å². The molecule has 0 amide bonds. The normalized spacial score (nSPS) is 12.7. The van der Waals surface area contributed by atoms with Crippen LogP contribution in [0.1, 0.15) is 283 Å². The van der Waals surface area contributed by atoms with Gasteiger partial charge in [-0.2, -0.15) is 0 Å². The van der Waals surface area contributed by atoms with Crippen LogP contribution in [-0.4, -0.2) is 135 Å². The highest BCUT2D eigenvalue weighted by molar-refractivity contribution is 5.88. The average Bonchev–Trinajstić information content (AvgIpc) is 1.06. The summed E-state index contributed by atoms with van der Waals surface area (Å²) in [5.41, 5.74) is -2.62. The van der Waals surface area contributed by atoms with Crippen molar-refractivity contribution in [2.45, 2.75) is 283 Å². The number of aliphatic carboxylic acids is 8. The van der Waals surface area contributed by atoms with Crippen LogP contribution in [0, 0.1) is 80.8 Å². The second-order valence-electron chi connectivity index (χ2n) is 29.0. The Kier molecular flexibility index (Phi) is 59.3. The predicted molar refractivity (Wildman–Crippen MR) is 367 cm³/mol. The molecule has 24 heteroatoms. The van der Waals surface area contributed by atoms with Crippen LogP contribution >= 0.6 is 0 Å². The van der Waals surface area contributed by atoms with Crippen LogP contribution in [0.2, 0.25) is 0 Å². The zero-order valence-electron chi connectivity index (χ0n) is 63.2. The molecule has 0 heterocycles. The fraction of sp³-hybridized carbons (Fsp3) is 0.778. The third kappa shape index (κ3) is 64.5. The van der Waals surface area contributed by atoms with E-state index in [4.69, 9.17) is 40.9 Å². The molecule has 0 aliphatic carbocycles. The third-order valence-electron chi connectivity index (χ3n) is 14.9. The maximum absolute atomic E-state index is 11.5. The summed E-state index contributed by atoms with van der Waals surface area (Å²) in [6.45, 7) is 46.2. The number of hydrogen-bond acceptors (Lipinski definition) is 16. The van der Waals surface area contributed by atoms with Gasteiger partial charge in [0.2, 0.25) is 0 Å². The lowest BCUT2D eigenvalue weighted by molar-refractivity contribution is -0.151. The van der Waals surface area contributed by atoms with Gasteiger partial charge in [-0.3, -0.25) is 76.7 Å². The van der Waals surface area contributed by atoms with Crippen molar-refractivity contribution >= 4 is 94.0 Å². The lowest BCUT2D eigenvalue weighted by Crippen LogP contribution is -2.31. The summed E-state index contributed by atoms with van der Waals surface area (Å²) < 4.78 is 0. The van der Waals surface area contributed by atoms with E-state index in [0.29, 0.717) is 38.5 Å². The van der Waals surface area contributed by atoms with E-state index in [9.17, 15) is 76.7 Å². The molecule has 0 spiro atoms. The molecule has 0 aromatic carbocycles. The maximum atomic E-state index is 11.5. The van der Waals surface area contributed by atoms with Crippen LogP contribution in [0.3, 0.4) is 0 Å². The molecule has 0 aromatic rings. The molecular weight excluding hydrogens is 1250 g/mol. The summed E-state index contributed by atoms with van der Waals surface area (Å²) in [5, 5.41) is 68.3. The molecule has 8 N–H and O–H groups in total. The largest absolute Gasteiger partial charge is 0.481 e. The predicted octanol–water partition coefficient (Wildman–Crippen LogP) is 14.0. The van der Waals surface area contributed by atoms with Crippen LogP contribution in [0.25, 0.3) is 0 Å². The average molecular weight is 1380 g/mol. The third-order valence-corrected chi connectivity index (χ3v) is 14.9. The minimum Gasteiger partial charge on any atom is -0.481 e. The number of Topliss-reactive ketones (excluding diaryl/α,β-unsaturated/α-hetero) is 8. The van der Waals surface area contributed by atoms with Gasteiger partial charge in [0.15, 0.2) is 0 Å². The highest BCUT2D eigenvalue weighted by atomic mass is 16.4. The molecule has 4 unspecified atom stereocenters. The van der Waals surface area contributed by atoms with E-state index >= 15 is 0 Å². The molecule has 96 heavy (non-hydrogen) atoms. The molecule has 0 aliphatic rings. The Morgan fingerprint density at radius 3 is 0.917 bits per heavy atom. The minimum absolute atomic E-state index is 0.00222. The summed E-state index contributed by atoms with van der Waals surface area (Å²) >= 11 is 0. The van der Waals surface area contributed by atoms with E-state index in [1.54, 1.807) is 111 Å². The lowest BCUT2D eigenvalue weighted by atomic mass is 9.78. The van der Waals surface area contributed by atoms with Gasteiger partial charge >= 0.3 is 47.8 Å². The Labute approximate surface area is 573 Å². The Balaban J connectivity index is -0.000000154.